The molecule has 0 atom stereocenters. The van der Waals surface area contributed by atoms with Crippen LogP contribution in [0.25, 0.3) is 184 Å². The van der Waals surface area contributed by atoms with E-state index in [4.69, 9.17) is 29.9 Å². The Morgan fingerprint density at radius 3 is 0.710 bits per heavy atom. The molecule has 504 valence electrons. The van der Waals surface area contributed by atoms with Crippen LogP contribution in [0.3, 0.4) is 0 Å². The molecule has 12 aromatic carbocycles. The predicted octanol–water partition coefficient (Wildman–Crippen LogP) is 26.3. The van der Waals surface area contributed by atoms with Gasteiger partial charge in [-0.2, -0.15) is 0 Å². The highest BCUT2D eigenvalue weighted by molar-refractivity contribution is 5.97. The van der Waals surface area contributed by atoms with Gasteiger partial charge in [0.25, 0.3) is 0 Å². The Balaban J connectivity index is 0.717. The number of nitrogens with zero attached hydrogens (tertiary/aromatic N) is 6. The molecular formula is C101H70N6. The summed E-state index contributed by atoms with van der Waals surface area (Å²) in [5.74, 6) is 0.633. The van der Waals surface area contributed by atoms with Crippen molar-refractivity contribution in [3.63, 3.8) is 0 Å². The number of hydrogen-bond donors (Lipinski definition) is 0. The second-order valence-corrected chi connectivity index (χ2v) is 26.6. The van der Waals surface area contributed by atoms with Crippen LogP contribution in [0.5, 0.6) is 0 Å². The summed E-state index contributed by atoms with van der Waals surface area (Å²) >= 11 is 0. The number of pyridine rings is 4. The van der Waals surface area contributed by atoms with Crippen LogP contribution in [-0.4, -0.2) is 29.9 Å². The van der Waals surface area contributed by atoms with Crippen molar-refractivity contribution in [3.8, 4) is 179 Å². The molecule has 0 N–H and O–H groups in total. The molecule has 0 aliphatic carbocycles. The van der Waals surface area contributed by atoms with Gasteiger partial charge in [-0.1, -0.05) is 304 Å². The molecule has 17 aromatic rings. The molecule has 0 spiro atoms. The van der Waals surface area contributed by atoms with E-state index in [0.29, 0.717) is 5.82 Å². The lowest BCUT2D eigenvalue weighted by Crippen LogP contribution is -1.94. The van der Waals surface area contributed by atoms with E-state index in [1.165, 1.54) is 0 Å². The van der Waals surface area contributed by atoms with E-state index < -0.39 is 0 Å². The number of benzene rings is 12. The zero-order chi connectivity index (χ0) is 71.8. The van der Waals surface area contributed by atoms with Gasteiger partial charge in [0, 0.05) is 87.3 Å². The van der Waals surface area contributed by atoms with Crippen LogP contribution in [-0.2, 0) is 0 Å². The summed E-state index contributed by atoms with van der Waals surface area (Å²) in [4.78, 5) is 30.1. The Morgan fingerprint density at radius 1 is 0.206 bits per heavy atom. The maximum absolute atomic E-state index is 5.13. The van der Waals surface area contributed by atoms with Crippen molar-refractivity contribution >= 4 is 5.57 Å². The number of aromatic nitrogens is 6. The minimum absolute atomic E-state index is 0.633. The van der Waals surface area contributed by atoms with Crippen molar-refractivity contribution in [2.75, 3.05) is 0 Å². The number of hydrogen-bond acceptors (Lipinski definition) is 6. The SMILES string of the molecule is C=C(/C=C\C)c1ccc(-c2ccccc2-c2cc(-c3ccccc3-c3ccc(-c4ncc(-c5ccccc5-c5cc(-c6ccccc6-c6ccc(-c7ccccc7)nc6)cc(-c6ccccc6-c6ccc(-c7ccccc7)nc6)c5)cn4)cc3)cc(-c3ccccc3-c3ccc(-c4ccccc4)nc3)c2)cn1. The van der Waals surface area contributed by atoms with Crippen molar-refractivity contribution < 1.29 is 0 Å². The zero-order valence-corrected chi connectivity index (χ0v) is 58.9. The van der Waals surface area contributed by atoms with Crippen LogP contribution in [0, 0.1) is 0 Å². The number of rotatable bonds is 18. The minimum Gasteiger partial charge on any atom is -0.256 e. The van der Waals surface area contributed by atoms with Gasteiger partial charge in [0.1, 0.15) is 0 Å². The van der Waals surface area contributed by atoms with E-state index in [2.05, 4.69) is 310 Å². The number of allylic oxidation sites excluding steroid dienone is 3. The summed E-state index contributed by atoms with van der Waals surface area (Å²) in [6.45, 7) is 6.25. The second kappa shape index (κ2) is 30.0. The van der Waals surface area contributed by atoms with E-state index in [-0.39, 0.29) is 0 Å². The quantitative estimate of drug-likeness (QED) is 0.0797. The third kappa shape index (κ3) is 13.9. The summed E-state index contributed by atoms with van der Waals surface area (Å²) < 4.78 is 0. The van der Waals surface area contributed by atoms with Crippen molar-refractivity contribution in [2.24, 2.45) is 0 Å². The standard InChI is InChI=1S/C101H70N6/c1-3-25-68(2)97-52-48-74(62-102-97)86-33-14-19-38-91(86)79-56-78(57-80(58-79)92-39-20-15-34-87(92)75-49-53-98(103-63-75)70-26-7-4-8-27-70)90-37-18-13-32-85(90)69-44-46-73(47-45-69)101-106-66-84(67-107-101)96-43-24-23-42-95(96)83-60-81(93-40-21-16-35-88(93)76-50-54-99(104-64-76)71-28-9-5-10-29-71)59-82(61-83)94-41-22-17-36-89(94)77-51-55-100(105-65-77)72-30-11-6-12-31-72/h3-67H,2H2,1H3/b25-3-. The molecule has 0 saturated heterocycles. The highest BCUT2D eigenvalue weighted by Gasteiger charge is 2.21. The monoisotopic (exact) mass is 1370 g/mol. The summed E-state index contributed by atoms with van der Waals surface area (Å²) in [5.41, 5.74) is 34.2. The maximum Gasteiger partial charge on any atom is 0.159 e. The fourth-order valence-electron chi connectivity index (χ4n) is 14.6. The molecule has 0 fully saturated rings. The molecule has 0 saturated carbocycles. The molecule has 5 heterocycles. The largest absolute Gasteiger partial charge is 0.256 e. The Bertz CT molecular complexity index is 5930. The normalized spacial score (nSPS) is 11.2. The van der Waals surface area contributed by atoms with Crippen LogP contribution in [0.4, 0.5) is 0 Å². The first kappa shape index (κ1) is 66.1. The van der Waals surface area contributed by atoms with E-state index in [1.54, 1.807) is 0 Å². The Kier molecular flexibility index (Phi) is 18.5. The Hall–Kier alpha value is -14.2. The van der Waals surface area contributed by atoms with Gasteiger partial charge < -0.3 is 0 Å². The highest BCUT2D eigenvalue weighted by Crippen LogP contribution is 2.46. The molecule has 0 aliphatic heterocycles. The van der Waals surface area contributed by atoms with Crippen LogP contribution >= 0.6 is 0 Å². The van der Waals surface area contributed by atoms with E-state index in [1.807, 2.05) is 98.7 Å². The van der Waals surface area contributed by atoms with Gasteiger partial charge in [0.2, 0.25) is 0 Å². The first-order valence-electron chi connectivity index (χ1n) is 36.1. The molecule has 0 radical (unpaired) electrons. The highest BCUT2D eigenvalue weighted by atomic mass is 14.9. The summed E-state index contributed by atoms with van der Waals surface area (Å²) in [5, 5.41) is 0. The van der Waals surface area contributed by atoms with Crippen molar-refractivity contribution in [1.82, 2.24) is 29.9 Å². The average Bonchev–Trinajstić information content (AvgIpc) is 0.771. The van der Waals surface area contributed by atoms with Crippen LogP contribution in [0.1, 0.15) is 12.6 Å². The first-order valence-corrected chi connectivity index (χ1v) is 36.1. The summed E-state index contributed by atoms with van der Waals surface area (Å²) in [6, 6.07) is 123. The van der Waals surface area contributed by atoms with Crippen molar-refractivity contribution in [1.29, 1.82) is 0 Å². The third-order valence-corrected chi connectivity index (χ3v) is 19.9. The van der Waals surface area contributed by atoms with Crippen LogP contribution < -0.4 is 0 Å². The lowest BCUT2D eigenvalue weighted by Gasteiger charge is -2.18. The smallest absolute Gasteiger partial charge is 0.159 e. The Morgan fingerprint density at radius 2 is 0.439 bits per heavy atom. The predicted molar refractivity (Wildman–Crippen MR) is 444 cm³/mol. The molecule has 6 heteroatoms. The first-order chi connectivity index (χ1) is 52.9. The molecule has 5 aromatic heterocycles. The van der Waals surface area contributed by atoms with Crippen LogP contribution in [0.15, 0.2) is 402 Å². The minimum atomic E-state index is 0.633. The van der Waals surface area contributed by atoms with Gasteiger partial charge in [0.15, 0.2) is 5.82 Å². The molecular weight excluding hydrogens is 1300 g/mol. The average molecular weight is 1370 g/mol. The van der Waals surface area contributed by atoms with Crippen molar-refractivity contribution in [3.05, 3.63) is 407 Å². The topological polar surface area (TPSA) is 77.3 Å². The second-order valence-electron chi connectivity index (χ2n) is 26.6. The van der Waals surface area contributed by atoms with Gasteiger partial charge in [-0.15, -0.1) is 0 Å². The van der Waals surface area contributed by atoms with E-state index in [9.17, 15) is 0 Å². The molecule has 0 aliphatic rings. The van der Waals surface area contributed by atoms with Crippen LogP contribution in [0.2, 0.25) is 0 Å². The molecule has 0 bridgehead atoms. The molecule has 0 unspecified atom stereocenters. The van der Waals surface area contributed by atoms with Gasteiger partial charge in [-0.05, 0) is 179 Å². The zero-order valence-electron chi connectivity index (χ0n) is 58.9. The summed E-state index contributed by atoms with van der Waals surface area (Å²) in [6.07, 6.45) is 15.8. The van der Waals surface area contributed by atoms with Gasteiger partial charge >= 0.3 is 0 Å². The van der Waals surface area contributed by atoms with Gasteiger partial charge in [-0.3, -0.25) is 19.9 Å². The van der Waals surface area contributed by atoms with Crippen molar-refractivity contribution in [2.45, 2.75) is 6.92 Å². The van der Waals surface area contributed by atoms with Gasteiger partial charge in [0.05, 0.1) is 22.8 Å². The lowest BCUT2D eigenvalue weighted by molar-refractivity contribution is 1.18. The lowest BCUT2D eigenvalue weighted by atomic mass is 9.86. The molecule has 6 nitrogen and oxygen atoms in total. The fourth-order valence-corrected chi connectivity index (χ4v) is 14.6. The summed E-state index contributed by atoms with van der Waals surface area (Å²) in [7, 11) is 0. The fraction of sp³-hybridized carbons (Fsp3) is 0.00990. The third-order valence-electron chi connectivity index (χ3n) is 19.9. The maximum atomic E-state index is 5.13. The molecule has 107 heavy (non-hydrogen) atoms. The van der Waals surface area contributed by atoms with E-state index in [0.717, 1.165) is 184 Å². The molecule has 0 amide bonds. The molecule has 17 rings (SSSR count). The van der Waals surface area contributed by atoms with Gasteiger partial charge in [-0.25, -0.2) is 9.97 Å². The Labute approximate surface area is 624 Å². The van der Waals surface area contributed by atoms with E-state index >= 15 is 0 Å².